The molecule has 0 aliphatic rings. The van der Waals surface area contributed by atoms with Gasteiger partial charge in [0.15, 0.2) is 10.6 Å². The van der Waals surface area contributed by atoms with Crippen molar-refractivity contribution in [2.24, 2.45) is 4.99 Å². The lowest BCUT2D eigenvalue weighted by Gasteiger charge is -2.22. The predicted octanol–water partition coefficient (Wildman–Crippen LogP) is 4.96. The second-order valence-corrected chi connectivity index (χ2v) is 11.3. The number of thiazole rings is 1. The van der Waals surface area contributed by atoms with E-state index in [1.165, 1.54) is 46.3 Å². The lowest BCUT2D eigenvalue weighted by molar-refractivity contribution is 0.0997. The Kier molecular flexibility index (Phi) is 9.89. The first-order chi connectivity index (χ1) is 17.2. The average Bonchev–Trinajstić information content (AvgIpc) is 3.19. The minimum Gasteiger partial charge on any atom is -0.383 e. The van der Waals surface area contributed by atoms with Gasteiger partial charge in [0, 0.05) is 38.4 Å². The zero-order valence-corrected chi connectivity index (χ0v) is 22.3. The number of fused-ring (bicyclic) bond motifs is 1. The molecule has 3 aromatic rings. The molecule has 36 heavy (non-hydrogen) atoms. The minimum atomic E-state index is -3.69. The number of carbonyl (C=O) groups excluding carboxylic acids is 1. The van der Waals surface area contributed by atoms with Gasteiger partial charge in [-0.15, -0.1) is 0 Å². The van der Waals surface area contributed by atoms with Crippen molar-refractivity contribution in [3.8, 4) is 0 Å². The Hall–Kier alpha value is -2.47. The molecule has 0 saturated carbocycles. The van der Waals surface area contributed by atoms with Gasteiger partial charge in [-0.2, -0.15) is 9.30 Å². The molecule has 0 atom stereocenters. The summed E-state index contributed by atoms with van der Waals surface area (Å²) in [6, 6.07) is 7.63. The lowest BCUT2D eigenvalue weighted by atomic mass is 10.2. The number of amides is 1. The van der Waals surface area contributed by atoms with E-state index < -0.39 is 27.6 Å². The van der Waals surface area contributed by atoms with E-state index in [9.17, 15) is 22.0 Å². The molecule has 0 spiro atoms. The summed E-state index contributed by atoms with van der Waals surface area (Å²) in [5, 5.41) is 0. The molecule has 0 fully saturated rings. The number of hydrogen-bond acceptors (Lipinski definition) is 5. The first kappa shape index (κ1) is 28.1. The van der Waals surface area contributed by atoms with Gasteiger partial charge in [0.25, 0.3) is 5.91 Å². The molecule has 0 aliphatic carbocycles. The molecule has 2 aromatic carbocycles. The molecular formula is C25H31F2N3O4S2. The number of rotatable bonds is 12. The summed E-state index contributed by atoms with van der Waals surface area (Å²) in [5.41, 5.74) is 0.329. The van der Waals surface area contributed by atoms with Gasteiger partial charge in [0.1, 0.15) is 5.82 Å². The van der Waals surface area contributed by atoms with Crippen LogP contribution in [0.15, 0.2) is 46.3 Å². The highest BCUT2D eigenvalue weighted by molar-refractivity contribution is 7.89. The van der Waals surface area contributed by atoms with Crippen LogP contribution in [0.2, 0.25) is 0 Å². The van der Waals surface area contributed by atoms with Gasteiger partial charge in [0.05, 0.1) is 21.7 Å². The zero-order valence-electron chi connectivity index (χ0n) is 20.7. The molecule has 0 unspecified atom stereocenters. The number of hydrogen-bond donors (Lipinski definition) is 0. The number of aromatic nitrogens is 1. The van der Waals surface area contributed by atoms with E-state index in [2.05, 4.69) is 4.99 Å². The lowest BCUT2D eigenvalue weighted by Crippen LogP contribution is -2.33. The molecule has 1 heterocycles. The Labute approximate surface area is 214 Å². The number of halogens is 2. The van der Waals surface area contributed by atoms with Gasteiger partial charge in [-0.25, -0.2) is 17.2 Å². The SMILES string of the molecule is CCCCN(CCCC)S(=O)(=O)c1ccc(C(=O)N=c2sc3cc(F)cc(F)c3n2CCOC)cc1. The molecule has 0 N–H and O–H groups in total. The molecular weight excluding hydrogens is 508 g/mol. The van der Waals surface area contributed by atoms with Crippen LogP contribution in [-0.4, -0.2) is 50.0 Å². The minimum absolute atomic E-state index is 0.112. The monoisotopic (exact) mass is 539 g/mol. The average molecular weight is 540 g/mol. The van der Waals surface area contributed by atoms with Crippen LogP contribution >= 0.6 is 11.3 Å². The highest BCUT2D eigenvalue weighted by Gasteiger charge is 2.24. The van der Waals surface area contributed by atoms with Gasteiger partial charge in [-0.1, -0.05) is 38.0 Å². The van der Waals surface area contributed by atoms with Crippen LogP contribution in [0, 0.1) is 11.6 Å². The van der Waals surface area contributed by atoms with E-state index in [0.29, 0.717) is 17.8 Å². The van der Waals surface area contributed by atoms with Crippen LogP contribution in [0.3, 0.4) is 0 Å². The summed E-state index contributed by atoms with van der Waals surface area (Å²) < 4.78 is 62.9. The second-order valence-electron chi connectivity index (χ2n) is 8.32. The van der Waals surface area contributed by atoms with E-state index in [1.54, 1.807) is 0 Å². The Balaban J connectivity index is 1.94. The zero-order chi connectivity index (χ0) is 26.3. The molecule has 0 aliphatic heterocycles. The molecule has 0 saturated heterocycles. The van der Waals surface area contributed by atoms with E-state index in [4.69, 9.17) is 4.74 Å². The number of benzene rings is 2. The van der Waals surface area contributed by atoms with E-state index >= 15 is 0 Å². The molecule has 196 valence electrons. The summed E-state index contributed by atoms with van der Waals surface area (Å²) in [7, 11) is -2.20. The Morgan fingerprint density at radius 3 is 2.31 bits per heavy atom. The van der Waals surface area contributed by atoms with Gasteiger partial charge in [-0.3, -0.25) is 4.79 Å². The summed E-state index contributed by atoms with van der Waals surface area (Å²) >= 11 is 0.989. The van der Waals surface area contributed by atoms with Crippen molar-refractivity contribution in [2.45, 2.75) is 51.0 Å². The van der Waals surface area contributed by atoms with Crippen LogP contribution in [0.4, 0.5) is 8.78 Å². The first-order valence-corrected chi connectivity index (χ1v) is 14.1. The third kappa shape index (κ3) is 6.44. The van der Waals surface area contributed by atoms with Gasteiger partial charge in [-0.05, 0) is 43.2 Å². The highest BCUT2D eigenvalue weighted by atomic mass is 32.2. The molecule has 7 nitrogen and oxygen atoms in total. The Morgan fingerprint density at radius 2 is 1.72 bits per heavy atom. The number of carbonyl (C=O) groups is 1. The Morgan fingerprint density at radius 1 is 1.08 bits per heavy atom. The predicted molar refractivity (Wildman–Crippen MR) is 137 cm³/mol. The molecule has 1 amide bonds. The number of methoxy groups -OCH3 is 1. The van der Waals surface area contributed by atoms with Gasteiger partial charge in [0.2, 0.25) is 10.0 Å². The standard InChI is InChI=1S/C25H31F2N3O4S2/c1-4-6-12-29(13-7-5-2)36(32,33)20-10-8-18(9-11-20)24(31)28-25-30(14-15-34-3)23-21(27)16-19(26)17-22(23)35-25/h8-11,16-17H,4-7,12-15H2,1-3H3. The maximum Gasteiger partial charge on any atom is 0.279 e. The van der Waals surface area contributed by atoms with Crippen molar-refractivity contribution in [3.63, 3.8) is 0 Å². The fourth-order valence-corrected chi connectivity index (χ4v) is 6.31. The summed E-state index contributed by atoms with van der Waals surface area (Å²) in [5.74, 6) is -2.09. The van der Waals surface area contributed by atoms with Crippen LogP contribution in [0.1, 0.15) is 49.9 Å². The van der Waals surface area contributed by atoms with Crippen molar-refractivity contribution in [1.29, 1.82) is 0 Å². The fourth-order valence-electron chi connectivity index (χ4n) is 3.70. The van der Waals surface area contributed by atoms with Crippen molar-refractivity contribution in [3.05, 3.63) is 58.4 Å². The molecule has 3 rings (SSSR count). The summed E-state index contributed by atoms with van der Waals surface area (Å²) in [6.07, 6.45) is 3.29. The topological polar surface area (TPSA) is 81.0 Å². The third-order valence-corrected chi connectivity index (χ3v) is 8.61. The quantitative estimate of drug-likeness (QED) is 0.326. The summed E-state index contributed by atoms with van der Waals surface area (Å²) in [6.45, 7) is 5.36. The maximum absolute atomic E-state index is 14.5. The second kappa shape index (κ2) is 12.7. The number of sulfonamides is 1. The number of nitrogens with zero attached hydrogens (tertiary/aromatic N) is 3. The molecule has 0 bridgehead atoms. The molecule has 0 radical (unpaired) electrons. The third-order valence-electron chi connectivity index (χ3n) is 5.67. The van der Waals surface area contributed by atoms with Crippen molar-refractivity contribution in [2.75, 3.05) is 26.8 Å². The van der Waals surface area contributed by atoms with Crippen LogP contribution in [-0.2, 0) is 21.3 Å². The fraction of sp³-hybridized carbons (Fsp3) is 0.440. The number of ether oxygens (including phenoxy) is 1. The van der Waals surface area contributed by atoms with Crippen molar-refractivity contribution in [1.82, 2.24) is 8.87 Å². The van der Waals surface area contributed by atoms with E-state index in [0.717, 1.165) is 43.1 Å². The first-order valence-electron chi connectivity index (χ1n) is 11.9. The largest absolute Gasteiger partial charge is 0.383 e. The maximum atomic E-state index is 14.5. The summed E-state index contributed by atoms with van der Waals surface area (Å²) in [4.78, 5) is 17.4. The van der Waals surface area contributed by atoms with Crippen molar-refractivity contribution >= 4 is 37.5 Å². The normalized spacial score (nSPS) is 12.7. The Bertz CT molecular complexity index is 1360. The van der Waals surface area contributed by atoms with Crippen LogP contribution < -0.4 is 4.80 Å². The van der Waals surface area contributed by atoms with E-state index in [-0.39, 0.29) is 33.9 Å². The molecule has 11 heteroatoms. The van der Waals surface area contributed by atoms with Gasteiger partial charge < -0.3 is 9.30 Å². The van der Waals surface area contributed by atoms with Crippen molar-refractivity contribution < 1.29 is 26.7 Å². The van der Waals surface area contributed by atoms with Gasteiger partial charge >= 0.3 is 0 Å². The highest BCUT2D eigenvalue weighted by Crippen LogP contribution is 2.23. The van der Waals surface area contributed by atoms with Crippen LogP contribution in [0.25, 0.3) is 10.2 Å². The number of unbranched alkanes of at least 4 members (excludes halogenated alkanes) is 2. The van der Waals surface area contributed by atoms with Crippen LogP contribution in [0.5, 0.6) is 0 Å². The van der Waals surface area contributed by atoms with E-state index in [1.807, 2.05) is 13.8 Å². The smallest absolute Gasteiger partial charge is 0.279 e. The molecule has 1 aromatic heterocycles.